The first kappa shape index (κ1) is 11.0. The van der Waals surface area contributed by atoms with Gasteiger partial charge in [0, 0.05) is 19.1 Å². The van der Waals surface area contributed by atoms with Gasteiger partial charge >= 0.3 is 0 Å². The predicted molar refractivity (Wildman–Crippen MR) is 52.7 cm³/mol. The van der Waals surface area contributed by atoms with Crippen molar-refractivity contribution < 1.29 is 9.84 Å². The Morgan fingerprint density at radius 2 is 2.38 bits per heavy atom. The van der Waals surface area contributed by atoms with Crippen molar-refractivity contribution in [3.63, 3.8) is 0 Å². The van der Waals surface area contributed by atoms with Gasteiger partial charge in [0.1, 0.15) is 0 Å². The zero-order chi connectivity index (χ0) is 9.73. The molecule has 13 heavy (non-hydrogen) atoms. The predicted octanol–water partition coefficient (Wildman–Crippen LogP) is 0.773. The van der Waals surface area contributed by atoms with Crippen LogP contribution in [0.25, 0.3) is 0 Å². The molecule has 1 aliphatic heterocycles. The van der Waals surface area contributed by atoms with Gasteiger partial charge in [-0.25, -0.2) is 0 Å². The van der Waals surface area contributed by atoms with Gasteiger partial charge in [-0.05, 0) is 26.3 Å². The Morgan fingerprint density at radius 1 is 1.62 bits per heavy atom. The van der Waals surface area contributed by atoms with Crippen LogP contribution in [0, 0.1) is 5.92 Å². The smallest absolute Gasteiger partial charge is 0.0794 e. The summed E-state index contributed by atoms with van der Waals surface area (Å²) in [6, 6.07) is 0. The molecule has 2 atom stereocenters. The first-order chi connectivity index (χ1) is 6.17. The minimum absolute atomic E-state index is 0.303. The Labute approximate surface area is 80.5 Å². The van der Waals surface area contributed by atoms with E-state index in [4.69, 9.17) is 4.74 Å². The molecule has 0 bridgehead atoms. The summed E-state index contributed by atoms with van der Waals surface area (Å²) in [6.45, 7) is 7.18. The van der Waals surface area contributed by atoms with Crippen LogP contribution in [0.4, 0.5) is 0 Å². The van der Waals surface area contributed by atoms with Gasteiger partial charge in [0.05, 0.1) is 12.2 Å². The summed E-state index contributed by atoms with van der Waals surface area (Å²) in [6.07, 6.45) is 2.10. The van der Waals surface area contributed by atoms with Crippen molar-refractivity contribution >= 4 is 0 Å². The van der Waals surface area contributed by atoms with E-state index in [1.54, 1.807) is 0 Å². The maximum atomic E-state index is 10.1. The van der Waals surface area contributed by atoms with Crippen LogP contribution in [0.5, 0.6) is 0 Å². The Hall–Kier alpha value is -0.120. The van der Waals surface area contributed by atoms with Crippen molar-refractivity contribution in [1.29, 1.82) is 0 Å². The fourth-order valence-electron chi connectivity index (χ4n) is 1.69. The summed E-state index contributed by atoms with van der Waals surface area (Å²) >= 11 is 0. The van der Waals surface area contributed by atoms with Gasteiger partial charge in [-0.1, -0.05) is 6.92 Å². The van der Waals surface area contributed by atoms with E-state index in [0.29, 0.717) is 19.1 Å². The molecule has 0 saturated carbocycles. The van der Waals surface area contributed by atoms with E-state index in [1.165, 1.54) is 0 Å². The van der Waals surface area contributed by atoms with E-state index in [1.807, 2.05) is 6.92 Å². The van der Waals surface area contributed by atoms with Crippen LogP contribution in [-0.4, -0.2) is 37.0 Å². The molecule has 78 valence electrons. The van der Waals surface area contributed by atoms with Crippen LogP contribution in [0.15, 0.2) is 0 Å². The van der Waals surface area contributed by atoms with Crippen LogP contribution < -0.4 is 5.32 Å². The number of hydrogen-bond acceptors (Lipinski definition) is 3. The molecule has 0 radical (unpaired) electrons. The van der Waals surface area contributed by atoms with E-state index in [9.17, 15) is 5.11 Å². The normalized spacial score (nSPS) is 27.5. The van der Waals surface area contributed by atoms with E-state index < -0.39 is 5.60 Å². The third-order valence-corrected chi connectivity index (χ3v) is 2.72. The molecule has 1 saturated heterocycles. The molecule has 1 rings (SSSR count). The highest BCUT2D eigenvalue weighted by atomic mass is 16.5. The first-order valence-corrected chi connectivity index (χ1v) is 5.17. The van der Waals surface area contributed by atoms with Gasteiger partial charge in [-0.3, -0.25) is 0 Å². The van der Waals surface area contributed by atoms with Crippen LogP contribution in [0.1, 0.15) is 26.7 Å². The van der Waals surface area contributed by atoms with Gasteiger partial charge in [0.2, 0.25) is 0 Å². The topological polar surface area (TPSA) is 41.5 Å². The summed E-state index contributed by atoms with van der Waals surface area (Å²) in [4.78, 5) is 0. The van der Waals surface area contributed by atoms with Crippen molar-refractivity contribution in [3.05, 3.63) is 0 Å². The number of nitrogens with one attached hydrogen (secondary N) is 1. The number of rotatable bonds is 5. The van der Waals surface area contributed by atoms with Crippen LogP contribution in [0.2, 0.25) is 0 Å². The highest BCUT2D eigenvalue weighted by Gasteiger charge is 2.34. The second-order valence-corrected chi connectivity index (χ2v) is 4.09. The molecule has 1 aliphatic rings. The highest BCUT2D eigenvalue weighted by molar-refractivity contribution is 4.86. The molecule has 0 aliphatic carbocycles. The number of hydrogen-bond donors (Lipinski definition) is 2. The summed E-state index contributed by atoms with van der Waals surface area (Å²) in [5.41, 5.74) is -0.605. The largest absolute Gasteiger partial charge is 0.388 e. The molecule has 1 heterocycles. The van der Waals surface area contributed by atoms with Gasteiger partial charge in [-0.15, -0.1) is 0 Å². The molecular weight excluding hydrogens is 166 g/mol. The average Bonchev–Trinajstić information content (AvgIpc) is 2.56. The van der Waals surface area contributed by atoms with E-state index >= 15 is 0 Å². The summed E-state index contributed by atoms with van der Waals surface area (Å²) < 4.78 is 5.26. The van der Waals surface area contributed by atoms with Crippen LogP contribution in [-0.2, 0) is 4.74 Å². The third kappa shape index (κ3) is 3.25. The quantitative estimate of drug-likeness (QED) is 0.625. The van der Waals surface area contributed by atoms with E-state index in [0.717, 1.165) is 26.0 Å². The molecule has 2 unspecified atom stereocenters. The average molecular weight is 187 g/mol. The fourth-order valence-corrected chi connectivity index (χ4v) is 1.69. The zero-order valence-electron chi connectivity index (χ0n) is 8.68. The maximum Gasteiger partial charge on any atom is 0.0794 e. The van der Waals surface area contributed by atoms with E-state index in [-0.39, 0.29) is 0 Å². The zero-order valence-corrected chi connectivity index (χ0v) is 8.68. The Morgan fingerprint density at radius 3 is 2.92 bits per heavy atom. The molecule has 3 nitrogen and oxygen atoms in total. The minimum atomic E-state index is -0.605. The molecule has 0 aromatic heterocycles. The SMILES string of the molecule is CCCNCC(C)(O)C1CCOC1. The molecule has 0 aromatic rings. The Kier molecular flexibility index (Phi) is 4.16. The second kappa shape index (κ2) is 4.94. The lowest BCUT2D eigenvalue weighted by molar-refractivity contribution is -0.00379. The fraction of sp³-hybridized carbons (Fsp3) is 1.00. The van der Waals surface area contributed by atoms with Crippen LogP contribution in [0.3, 0.4) is 0 Å². The standard InChI is InChI=1S/C10H21NO2/c1-3-5-11-8-10(2,12)9-4-6-13-7-9/h9,11-12H,3-8H2,1-2H3. The molecule has 0 aromatic carbocycles. The van der Waals surface area contributed by atoms with Crippen LogP contribution >= 0.6 is 0 Å². The molecule has 0 amide bonds. The molecule has 3 heteroatoms. The van der Waals surface area contributed by atoms with Crippen molar-refractivity contribution in [1.82, 2.24) is 5.32 Å². The highest BCUT2D eigenvalue weighted by Crippen LogP contribution is 2.24. The number of aliphatic hydroxyl groups is 1. The molecular formula is C10H21NO2. The molecule has 2 N–H and O–H groups in total. The molecule has 1 fully saturated rings. The van der Waals surface area contributed by atoms with Crippen molar-refractivity contribution in [3.8, 4) is 0 Å². The summed E-state index contributed by atoms with van der Waals surface area (Å²) in [5.74, 6) is 0.303. The third-order valence-electron chi connectivity index (χ3n) is 2.72. The summed E-state index contributed by atoms with van der Waals surface area (Å²) in [7, 11) is 0. The van der Waals surface area contributed by atoms with Gasteiger partial charge < -0.3 is 15.2 Å². The lowest BCUT2D eigenvalue weighted by Crippen LogP contribution is -2.44. The Bertz CT molecular complexity index is 142. The lowest BCUT2D eigenvalue weighted by Gasteiger charge is -2.29. The lowest BCUT2D eigenvalue weighted by atomic mass is 9.88. The van der Waals surface area contributed by atoms with Crippen molar-refractivity contribution in [2.45, 2.75) is 32.3 Å². The minimum Gasteiger partial charge on any atom is -0.388 e. The monoisotopic (exact) mass is 187 g/mol. The Balaban J connectivity index is 2.26. The second-order valence-electron chi connectivity index (χ2n) is 4.09. The van der Waals surface area contributed by atoms with Crippen molar-refractivity contribution in [2.24, 2.45) is 5.92 Å². The number of ether oxygens (including phenoxy) is 1. The summed E-state index contributed by atoms with van der Waals surface area (Å²) in [5, 5.41) is 13.3. The molecule has 0 spiro atoms. The van der Waals surface area contributed by atoms with E-state index in [2.05, 4.69) is 12.2 Å². The first-order valence-electron chi connectivity index (χ1n) is 5.17. The van der Waals surface area contributed by atoms with Gasteiger partial charge in [0.25, 0.3) is 0 Å². The maximum absolute atomic E-state index is 10.1. The van der Waals surface area contributed by atoms with Gasteiger partial charge in [0.15, 0.2) is 0 Å². The van der Waals surface area contributed by atoms with Gasteiger partial charge in [-0.2, -0.15) is 0 Å². The van der Waals surface area contributed by atoms with Crippen molar-refractivity contribution in [2.75, 3.05) is 26.3 Å².